The van der Waals surface area contributed by atoms with Gasteiger partial charge in [-0.15, -0.1) is 0 Å². The molecule has 1 atom stereocenters. The Bertz CT molecular complexity index is 157. The monoisotopic (exact) mass is 202 g/mol. The molecule has 0 saturated heterocycles. The molecule has 0 aromatic carbocycles. The van der Waals surface area contributed by atoms with Crippen molar-refractivity contribution in [3.05, 3.63) is 0 Å². The standard InChI is InChI=1S/C10H22N2S/c1-6-9(2)7-8-12(5)10(13)11(3)4/h9H,6-8H2,1-5H3. The number of rotatable bonds is 4. The van der Waals surface area contributed by atoms with E-state index in [2.05, 4.69) is 25.8 Å². The lowest BCUT2D eigenvalue weighted by molar-refractivity contribution is 0.385. The fourth-order valence-corrected chi connectivity index (χ4v) is 1.15. The summed E-state index contributed by atoms with van der Waals surface area (Å²) in [6, 6.07) is 0. The average molecular weight is 202 g/mol. The van der Waals surface area contributed by atoms with Crippen molar-refractivity contribution in [2.45, 2.75) is 26.7 Å². The first-order valence-corrected chi connectivity index (χ1v) is 5.32. The third-order valence-electron chi connectivity index (χ3n) is 2.36. The van der Waals surface area contributed by atoms with Gasteiger partial charge in [0.05, 0.1) is 0 Å². The summed E-state index contributed by atoms with van der Waals surface area (Å²) in [5.41, 5.74) is 0. The molecule has 0 heterocycles. The number of thiocarbonyl (C=S) groups is 1. The highest BCUT2D eigenvalue weighted by molar-refractivity contribution is 7.80. The molecule has 0 aliphatic rings. The second kappa shape index (κ2) is 6.19. The van der Waals surface area contributed by atoms with Gasteiger partial charge in [0.15, 0.2) is 5.11 Å². The first-order valence-electron chi connectivity index (χ1n) is 4.91. The van der Waals surface area contributed by atoms with E-state index in [1.807, 2.05) is 19.0 Å². The molecule has 1 unspecified atom stereocenters. The lowest BCUT2D eigenvalue weighted by atomic mass is 10.1. The third-order valence-corrected chi connectivity index (χ3v) is 3.04. The van der Waals surface area contributed by atoms with Crippen LogP contribution in [0, 0.1) is 5.92 Å². The van der Waals surface area contributed by atoms with Gasteiger partial charge in [-0.05, 0) is 24.6 Å². The largest absolute Gasteiger partial charge is 0.355 e. The van der Waals surface area contributed by atoms with Crippen LogP contribution in [0.25, 0.3) is 0 Å². The minimum absolute atomic E-state index is 0.799. The summed E-state index contributed by atoms with van der Waals surface area (Å²) in [5, 5.41) is 0.920. The molecule has 0 fully saturated rings. The summed E-state index contributed by atoms with van der Waals surface area (Å²) >= 11 is 5.24. The van der Waals surface area contributed by atoms with Crippen LogP contribution in [0.4, 0.5) is 0 Å². The van der Waals surface area contributed by atoms with E-state index in [1.54, 1.807) is 0 Å². The normalized spacial score (nSPS) is 12.4. The molecule has 0 amide bonds. The number of nitrogens with zero attached hydrogens (tertiary/aromatic N) is 2. The summed E-state index contributed by atoms with van der Waals surface area (Å²) in [4.78, 5) is 4.12. The second-order valence-corrected chi connectivity index (χ2v) is 4.27. The Kier molecular flexibility index (Phi) is 6.04. The van der Waals surface area contributed by atoms with Crippen LogP contribution in [0.1, 0.15) is 26.7 Å². The molecule has 0 rings (SSSR count). The van der Waals surface area contributed by atoms with Crippen molar-refractivity contribution in [1.29, 1.82) is 0 Å². The molecular formula is C10H22N2S. The van der Waals surface area contributed by atoms with E-state index in [0.717, 1.165) is 17.6 Å². The van der Waals surface area contributed by atoms with Crippen molar-refractivity contribution in [3.8, 4) is 0 Å². The van der Waals surface area contributed by atoms with Crippen molar-refractivity contribution in [2.75, 3.05) is 27.7 Å². The summed E-state index contributed by atoms with van der Waals surface area (Å²) in [5.74, 6) is 0.799. The SMILES string of the molecule is CCC(C)CCN(C)C(=S)N(C)C. The maximum absolute atomic E-state index is 5.24. The quantitative estimate of drug-likeness (QED) is 0.645. The van der Waals surface area contributed by atoms with Crippen LogP contribution in [0.3, 0.4) is 0 Å². The van der Waals surface area contributed by atoms with Crippen molar-refractivity contribution in [2.24, 2.45) is 5.92 Å². The van der Waals surface area contributed by atoms with Crippen molar-refractivity contribution in [3.63, 3.8) is 0 Å². The molecule has 0 aromatic rings. The van der Waals surface area contributed by atoms with Gasteiger partial charge in [0.2, 0.25) is 0 Å². The Hall–Kier alpha value is -0.310. The van der Waals surface area contributed by atoms with E-state index in [9.17, 15) is 0 Å². The molecule has 0 spiro atoms. The highest BCUT2D eigenvalue weighted by Crippen LogP contribution is 2.07. The van der Waals surface area contributed by atoms with E-state index in [0.29, 0.717) is 0 Å². The van der Waals surface area contributed by atoms with Crippen molar-refractivity contribution in [1.82, 2.24) is 9.80 Å². The van der Waals surface area contributed by atoms with Gasteiger partial charge < -0.3 is 9.80 Å². The smallest absolute Gasteiger partial charge is 0.170 e. The molecule has 0 aromatic heterocycles. The predicted octanol–water partition coefficient (Wildman–Crippen LogP) is 2.20. The van der Waals surface area contributed by atoms with Crippen LogP contribution < -0.4 is 0 Å². The van der Waals surface area contributed by atoms with E-state index in [4.69, 9.17) is 12.2 Å². The van der Waals surface area contributed by atoms with Crippen LogP contribution in [0.5, 0.6) is 0 Å². The van der Waals surface area contributed by atoms with Crippen LogP contribution in [0.15, 0.2) is 0 Å². The van der Waals surface area contributed by atoms with Gasteiger partial charge in [-0.2, -0.15) is 0 Å². The molecular weight excluding hydrogens is 180 g/mol. The van der Waals surface area contributed by atoms with Crippen LogP contribution in [-0.2, 0) is 0 Å². The Balaban J connectivity index is 3.74. The fraction of sp³-hybridized carbons (Fsp3) is 0.900. The molecule has 2 nitrogen and oxygen atoms in total. The predicted molar refractivity (Wildman–Crippen MR) is 63.0 cm³/mol. The zero-order valence-electron chi connectivity index (χ0n) is 9.50. The molecule has 0 aliphatic carbocycles. The fourth-order valence-electron chi connectivity index (χ4n) is 1.06. The Morgan fingerprint density at radius 1 is 1.31 bits per heavy atom. The highest BCUT2D eigenvalue weighted by atomic mass is 32.1. The lowest BCUT2D eigenvalue weighted by Gasteiger charge is -2.26. The van der Waals surface area contributed by atoms with E-state index in [-0.39, 0.29) is 0 Å². The van der Waals surface area contributed by atoms with Crippen molar-refractivity contribution < 1.29 is 0 Å². The summed E-state index contributed by atoms with van der Waals surface area (Å²) in [7, 11) is 6.04. The molecule has 78 valence electrons. The zero-order valence-corrected chi connectivity index (χ0v) is 10.3. The highest BCUT2D eigenvalue weighted by Gasteiger charge is 2.07. The molecule has 0 bridgehead atoms. The molecule has 3 heteroatoms. The van der Waals surface area contributed by atoms with E-state index >= 15 is 0 Å². The van der Waals surface area contributed by atoms with Gasteiger partial charge >= 0.3 is 0 Å². The van der Waals surface area contributed by atoms with Gasteiger partial charge in [0.25, 0.3) is 0 Å². The summed E-state index contributed by atoms with van der Waals surface area (Å²) < 4.78 is 0. The summed E-state index contributed by atoms with van der Waals surface area (Å²) in [6.45, 7) is 5.58. The number of hydrogen-bond donors (Lipinski definition) is 0. The minimum Gasteiger partial charge on any atom is -0.355 e. The molecule has 0 aliphatic heterocycles. The first-order chi connectivity index (χ1) is 5.99. The molecule has 0 N–H and O–H groups in total. The van der Waals surface area contributed by atoms with Crippen molar-refractivity contribution >= 4 is 17.3 Å². The summed E-state index contributed by atoms with van der Waals surface area (Å²) in [6.07, 6.45) is 2.48. The second-order valence-electron chi connectivity index (χ2n) is 3.90. The van der Waals surface area contributed by atoms with Gasteiger partial charge in [-0.3, -0.25) is 0 Å². The van der Waals surface area contributed by atoms with Gasteiger partial charge in [-0.25, -0.2) is 0 Å². The van der Waals surface area contributed by atoms with E-state index in [1.165, 1.54) is 12.8 Å². The van der Waals surface area contributed by atoms with Gasteiger partial charge in [0, 0.05) is 27.7 Å². The Labute approximate surface area is 87.9 Å². The van der Waals surface area contributed by atoms with E-state index < -0.39 is 0 Å². The maximum Gasteiger partial charge on any atom is 0.170 e. The third kappa shape index (κ3) is 5.09. The van der Waals surface area contributed by atoms with Crippen LogP contribution in [-0.4, -0.2) is 42.6 Å². The Morgan fingerprint density at radius 2 is 1.85 bits per heavy atom. The maximum atomic E-state index is 5.24. The average Bonchev–Trinajstić information content (AvgIpc) is 2.11. The minimum atomic E-state index is 0.799. The first kappa shape index (κ1) is 12.7. The molecule has 0 radical (unpaired) electrons. The lowest BCUT2D eigenvalue weighted by Crippen LogP contribution is -2.37. The Morgan fingerprint density at radius 3 is 2.23 bits per heavy atom. The van der Waals surface area contributed by atoms with Gasteiger partial charge in [0.1, 0.15) is 0 Å². The molecule has 0 saturated carbocycles. The van der Waals surface area contributed by atoms with Crippen LogP contribution >= 0.6 is 12.2 Å². The van der Waals surface area contributed by atoms with Crippen LogP contribution in [0.2, 0.25) is 0 Å². The zero-order chi connectivity index (χ0) is 10.4. The topological polar surface area (TPSA) is 6.48 Å². The molecule has 13 heavy (non-hydrogen) atoms. The number of hydrogen-bond acceptors (Lipinski definition) is 1. The van der Waals surface area contributed by atoms with Gasteiger partial charge in [-0.1, -0.05) is 20.3 Å².